The van der Waals surface area contributed by atoms with Crippen LogP contribution in [0.2, 0.25) is 0 Å². The highest BCUT2D eigenvalue weighted by atomic mass is 32.2. The van der Waals surface area contributed by atoms with E-state index in [1.807, 2.05) is 0 Å². The average molecular weight is 458 g/mol. The largest absolute Gasteiger partial charge is 0.495 e. The van der Waals surface area contributed by atoms with Gasteiger partial charge in [0.1, 0.15) is 12.3 Å². The highest BCUT2D eigenvalue weighted by Gasteiger charge is 2.26. The zero-order chi connectivity index (χ0) is 23.1. The molecule has 1 amide bonds. The summed E-state index contributed by atoms with van der Waals surface area (Å²) in [7, 11) is -2.75. The van der Waals surface area contributed by atoms with Gasteiger partial charge in [0.2, 0.25) is 5.91 Å². The van der Waals surface area contributed by atoms with E-state index in [4.69, 9.17) is 4.74 Å². The van der Waals surface area contributed by atoms with Gasteiger partial charge in [-0.3, -0.25) is 9.10 Å². The summed E-state index contributed by atoms with van der Waals surface area (Å²) in [6.07, 6.45) is 1.41. The molecule has 9 heteroatoms. The lowest BCUT2D eigenvalue weighted by Gasteiger charge is -2.24. The lowest BCUT2D eigenvalue weighted by molar-refractivity contribution is -0.114. The van der Waals surface area contributed by atoms with E-state index in [9.17, 15) is 22.0 Å². The van der Waals surface area contributed by atoms with Crippen LogP contribution in [0.5, 0.6) is 5.75 Å². The molecule has 0 heterocycles. The Kier molecular flexibility index (Phi) is 7.21. The van der Waals surface area contributed by atoms with Gasteiger partial charge in [-0.1, -0.05) is 42.5 Å². The molecule has 0 spiro atoms. The van der Waals surface area contributed by atoms with Crippen LogP contribution in [0.25, 0.3) is 6.08 Å². The van der Waals surface area contributed by atoms with E-state index >= 15 is 0 Å². The molecule has 1 N–H and O–H groups in total. The fraction of sp³-hybridized carbons (Fsp3) is 0.0870. The number of hydrogen-bond donors (Lipinski definition) is 1. The maximum Gasteiger partial charge on any atom is 0.258 e. The second-order valence-corrected chi connectivity index (χ2v) is 8.36. The minimum Gasteiger partial charge on any atom is -0.495 e. The van der Waals surface area contributed by atoms with Crippen LogP contribution in [0.3, 0.4) is 0 Å². The minimum atomic E-state index is -4.13. The number of hydrogen-bond acceptors (Lipinski definition) is 4. The van der Waals surface area contributed by atoms with Crippen molar-refractivity contribution in [2.24, 2.45) is 0 Å². The zero-order valence-corrected chi connectivity index (χ0v) is 17.9. The highest BCUT2D eigenvalue weighted by molar-refractivity contribution is 7.95. The first-order valence-corrected chi connectivity index (χ1v) is 10.9. The number of carbonyl (C=O) groups is 1. The second kappa shape index (κ2) is 10.1. The number of methoxy groups -OCH3 is 1. The summed E-state index contributed by atoms with van der Waals surface area (Å²) in [6.45, 7) is -0.624. The smallest absolute Gasteiger partial charge is 0.258 e. The van der Waals surface area contributed by atoms with Crippen LogP contribution < -0.4 is 14.4 Å². The number of benzene rings is 3. The van der Waals surface area contributed by atoms with Crippen molar-refractivity contribution in [3.8, 4) is 5.75 Å². The molecule has 3 rings (SSSR count). The first-order chi connectivity index (χ1) is 15.3. The van der Waals surface area contributed by atoms with E-state index in [2.05, 4.69) is 5.32 Å². The SMILES string of the molecule is COc1ccccc1N(CC(=O)Nc1ccc(F)c(F)c1)S(=O)(=O)C=Cc1ccccc1. The number of anilines is 2. The third-order valence-corrected chi connectivity index (χ3v) is 5.80. The fourth-order valence-corrected chi connectivity index (χ4v) is 4.05. The Morgan fingerprint density at radius 3 is 2.38 bits per heavy atom. The molecule has 6 nitrogen and oxygen atoms in total. The molecule has 0 aliphatic carbocycles. The number of para-hydroxylation sites is 2. The van der Waals surface area contributed by atoms with Crippen LogP contribution >= 0.6 is 0 Å². The molecule has 0 unspecified atom stereocenters. The van der Waals surface area contributed by atoms with Crippen molar-refractivity contribution in [1.29, 1.82) is 0 Å². The predicted octanol–water partition coefficient (Wildman–Crippen LogP) is 4.42. The van der Waals surface area contributed by atoms with E-state index in [0.29, 0.717) is 5.56 Å². The maximum atomic E-state index is 13.4. The molecular formula is C23H20F2N2O4S. The van der Waals surface area contributed by atoms with Crippen molar-refractivity contribution in [3.63, 3.8) is 0 Å². The predicted molar refractivity (Wildman–Crippen MR) is 120 cm³/mol. The van der Waals surface area contributed by atoms with Crippen LogP contribution in [0.1, 0.15) is 5.56 Å². The molecule has 0 aliphatic rings. The van der Waals surface area contributed by atoms with E-state index in [0.717, 1.165) is 21.8 Å². The molecule has 0 atom stereocenters. The maximum absolute atomic E-state index is 13.4. The monoisotopic (exact) mass is 458 g/mol. The van der Waals surface area contributed by atoms with Crippen LogP contribution in [0.15, 0.2) is 78.2 Å². The summed E-state index contributed by atoms with van der Waals surface area (Å²) in [5, 5.41) is 3.36. The number of halogens is 2. The molecule has 0 fully saturated rings. The quantitative estimate of drug-likeness (QED) is 0.542. The second-order valence-electron chi connectivity index (χ2n) is 6.61. The van der Waals surface area contributed by atoms with E-state index in [1.165, 1.54) is 25.3 Å². The Morgan fingerprint density at radius 1 is 1.00 bits per heavy atom. The molecule has 0 saturated carbocycles. The topological polar surface area (TPSA) is 75.7 Å². The standard InChI is InChI=1S/C23H20F2N2O4S/c1-31-22-10-6-5-9-21(22)27(32(29,30)14-13-17-7-3-2-4-8-17)16-23(28)26-18-11-12-19(24)20(25)15-18/h2-15H,16H2,1H3,(H,26,28). The van der Waals surface area contributed by atoms with Crippen LogP contribution in [0, 0.1) is 11.6 Å². The Bertz CT molecular complexity index is 1230. The molecular weight excluding hydrogens is 438 g/mol. The van der Waals surface area contributed by atoms with Crippen LogP contribution in [-0.4, -0.2) is 28.0 Å². The lowest BCUT2D eigenvalue weighted by Crippen LogP contribution is -2.37. The third-order valence-electron chi connectivity index (χ3n) is 4.38. The highest BCUT2D eigenvalue weighted by Crippen LogP contribution is 2.30. The Balaban J connectivity index is 1.92. The molecule has 0 bridgehead atoms. The third kappa shape index (κ3) is 5.70. The molecule has 0 radical (unpaired) electrons. The average Bonchev–Trinajstić information content (AvgIpc) is 2.79. The van der Waals surface area contributed by atoms with Gasteiger partial charge in [-0.05, 0) is 35.9 Å². The fourth-order valence-electron chi connectivity index (χ4n) is 2.86. The normalized spacial score (nSPS) is 11.3. The molecule has 32 heavy (non-hydrogen) atoms. The van der Waals surface area contributed by atoms with Gasteiger partial charge in [-0.25, -0.2) is 17.2 Å². The van der Waals surface area contributed by atoms with Crippen LogP contribution in [-0.2, 0) is 14.8 Å². The van der Waals surface area contributed by atoms with Crippen molar-refractivity contribution in [3.05, 3.63) is 95.4 Å². The van der Waals surface area contributed by atoms with Crippen molar-refractivity contribution >= 4 is 33.4 Å². The van der Waals surface area contributed by atoms with Crippen molar-refractivity contribution in [1.82, 2.24) is 0 Å². The number of sulfonamides is 1. The minimum absolute atomic E-state index is 0.00824. The molecule has 0 saturated heterocycles. The summed E-state index contributed by atoms with van der Waals surface area (Å²) in [4.78, 5) is 12.6. The summed E-state index contributed by atoms with van der Waals surface area (Å²) in [6, 6.07) is 18.0. The van der Waals surface area contributed by atoms with Crippen molar-refractivity contribution in [2.75, 3.05) is 23.3 Å². The van der Waals surface area contributed by atoms with E-state index in [1.54, 1.807) is 48.5 Å². The first-order valence-electron chi connectivity index (χ1n) is 9.44. The number of amides is 1. The summed E-state index contributed by atoms with van der Waals surface area (Å²) < 4.78 is 59.0. The van der Waals surface area contributed by atoms with Gasteiger partial charge in [-0.15, -0.1) is 0 Å². The Morgan fingerprint density at radius 2 is 1.69 bits per heavy atom. The number of ether oxygens (including phenoxy) is 1. The summed E-state index contributed by atoms with van der Waals surface area (Å²) in [5.41, 5.74) is 0.793. The van der Waals surface area contributed by atoms with E-state index in [-0.39, 0.29) is 17.1 Å². The lowest BCUT2D eigenvalue weighted by atomic mass is 10.2. The van der Waals surface area contributed by atoms with Gasteiger partial charge in [0.25, 0.3) is 10.0 Å². The zero-order valence-electron chi connectivity index (χ0n) is 17.0. The van der Waals surface area contributed by atoms with Gasteiger partial charge < -0.3 is 10.1 Å². The van der Waals surface area contributed by atoms with Gasteiger partial charge >= 0.3 is 0 Å². The van der Waals surface area contributed by atoms with Gasteiger partial charge in [0.15, 0.2) is 11.6 Å². The number of nitrogens with zero attached hydrogens (tertiary/aromatic N) is 1. The molecule has 0 aromatic heterocycles. The number of carbonyl (C=O) groups excluding carboxylic acids is 1. The Labute approximate surface area is 184 Å². The number of nitrogens with one attached hydrogen (secondary N) is 1. The van der Waals surface area contributed by atoms with Gasteiger partial charge in [0, 0.05) is 11.8 Å². The molecule has 0 aliphatic heterocycles. The Hall–Kier alpha value is -3.72. The van der Waals surface area contributed by atoms with Gasteiger partial charge in [0.05, 0.1) is 18.2 Å². The molecule has 3 aromatic carbocycles. The van der Waals surface area contributed by atoms with E-state index < -0.39 is 34.1 Å². The van der Waals surface area contributed by atoms with Gasteiger partial charge in [-0.2, -0.15) is 0 Å². The summed E-state index contributed by atoms with van der Waals surface area (Å²) in [5.74, 6) is -2.71. The van der Waals surface area contributed by atoms with Crippen molar-refractivity contribution in [2.45, 2.75) is 0 Å². The first kappa shape index (κ1) is 23.0. The van der Waals surface area contributed by atoms with Crippen LogP contribution in [0.4, 0.5) is 20.2 Å². The molecule has 166 valence electrons. The molecule has 3 aromatic rings. The summed E-state index contributed by atoms with van der Waals surface area (Å²) >= 11 is 0. The van der Waals surface area contributed by atoms with Crippen molar-refractivity contribution < 1.29 is 26.7 Å². The number of rotatable bonds is 8.